The van der Waals surface area contributed by atoms with Crippen LogP contribution in [0.25, 0.3) is 0 Å². The van der Waals surface area contributed by atoms with Gasteiger partial charge < -0.3 is 0 Å². The first kappa shape index (κ1) is 16.5. The molecule has 0 bridgehead atoms. The first-order chi connectivity index (χ1) is 9.37. The van der Waals surface area contributed by atoms with Gasteiger partial charge in [0.2, 0.25) is 0 Å². The molecule has 1 atom stereocenters. The van der Waals surface area contributed by atoms with Crippen molar-refractivity contribution in [1.29, 1.82) is 0 Å². The Labute approximate surface area is 125 Å². The molecule has 0 amide bonds. The van der Waals surface area contributed by atoms with E-state index in [4.69, 9.17) is 0 Å². The summed E-state index contributed by atoms with van der Waals surface area (Å²) in [6.07, 6.45) is 15.8. The Morgan fingerprint density at radius 2 is 1.75 bits per heavy atom. The maximum Gasteiger partial charge on any atom is 0.0182 e. The zero-order valence-corrected chi connectivity index (χ0v) is 13.7. The summed E-state index contributed by atoms with van der Waals surface area (Å²) >= 11 is 0. The Morgan fingerprint density at radius 1 is 1.10 bits per heavy atom. The van der Waals surface area contributed by atoms with Crippen molar-refractivity contribution in [2.75, 3.05) is 0 Å². The highest BCUT2D eigenvalue weighted by atomic mass is 14.5. The minimum atomic E-state index is 0.0355. The maximum atomic E-state index is 4.04. The van der Waals surface area contributed by atoms with Crippen LogP contribution >= 0.6 is 0 Å². The van der Waals surface area contributed by atoms with Crippen molar-refractivity contribution in [1.82, 2.24) is 0 Å². The summed E-state index contributed by atoms with van der Waals surface area (Å²) in [5.41, 5.74) is 4.29. The van der Waals surface area contributed by atoms with Gasteiger partial charge in [0.1, 0.15) is 0 Å². The molecule has 0 radical (unpaired) electrons. The molecular weight excluding hydrogens is 240 g/mol. The summed E-state index contributed by atoms with van der Waals surface area (Å²) in [7, 11) is 0. The van der Waals surface area contributed by atoms with Gasteiger partial charge >= 0.3 is 0 Å². The average Bonchev–Trinajstić information content (AvgIpc) is 2.57. The van der Waals surface area contributed by atoms with Gasteiger partial charge in [-0.1, -0.05) is 76.5 Å². The topological polar surface area (TPSA) is 0 Å². The lowest BCUT2D eigenvalue weighted by molar-refractivity contribution is 0.343. The van der Waals surface area contributed by atoms with E-state index in [0.717, 1.165) is 6.42 Å². The fraction of sp³-hybridized carbons (Fsp3) is 0.400. The normalized spacial score (nSPS) is 26.8. The molecule has 0 N–H and O–H groups in total. The van der Waals surface area contributed by atoms with E-state index in [1.54, 1.807) is 0 Å². The van der Waals surface area contributed by atoms with Gasteiger partial charge in [0.05, 0.1) is 0 Å². The third-order valence-electron chi connectivity index (χ3n) is 4.31. The summed E-state index contributed by atoms with van der Waals surface area (Å²) in [5.74, 6) is 0. The standard InChI is InChI=1S/C20H28/c1-8-12-14-16(10-3)20(7)15-19(5,6)17(11-4)18(20)13-9-2/h8-14H,1,4,15H2,2-3,5-7H3/b13-9-,14-12-,16-10+. The first-order valence-electron chi connectivity index (χ1n) is 7.33. The Balaban J connectivity index is 3.50. The van der Waals surface area contributed by atoms with Crippen molar-refractivity contribution in [2.24, 2.45) is 10.8 Å². The minimum absolute atomic E-state index is 0.0355. The van der Waals surface area contributed by atoms with Crippen LogP contribution in [-0.4, -0.2) is 0 Å². The van der Waals surface area contributed by atoms with Gasteiger partial charge in [-0.15, -0.1) is 0 Å². The van der Waals surface area contributed by atoms with Crippen molar-refractivity contribution < 1.29 is 0 Å². The molecule has 0 aromatic rings. The van der Waals surface area contributed by atoms with Crippen LogP contribution in [0.3, 0.4) is 0 Å². The average molecular weight is 268 g/mol. The largest absolute Gasteiger partial charge is 0.0991 e. The van der Waals surface area contributed by atoms with E-state index in [1.807, 2.05) is 18.2 Å². The lowest BCUT2D eigenvalue weighted by Crippen LogP contribution is -2.20. The van der Waals surface area contributed by atoms with E-state index in [0.29, 0.717) is 0 Å². The van der Waals surface area contributed by atoms with E-state index in [1.165, 1.54) is 16.7 Å². The molecule has 1 aliphatic carbocycles. The number of hydrogen-bond donors (Lipinski definition) is 0. The van der Waals surface area contributed by atoms with E-state index in [2.05, 4.69) is 72.1 Å². The van der Waals surface area contributed by atoms with E-state index in [-0.39, 0.29) is 10.8 Å². The van der Waals surface area contributed by atoms with Crippen LogP contribution in [0, 0.1) is 10.8 Å². The summed E-state index contributed by atoms with van der Waals surface area (Å²) in [6, 6.07) is 0. The second kappa shape index (κ2) is 6.26. The monoisotopic (exact) mass is 268 g/mol. The molecule has 0 heterocycles. The van der Waals surface area contributed by atoms with Gasteiger partial charge in [-0.05, 0) is 42.4 Å². The molecule has 0 nitrogen and oxygen atoms in total. The molecule has 1 aliphatic rings. The summed E-state index contributed by atoms with van der Waals surface area (Å²) in [4.78, 5) is 0. The Hall–Kier alpha value is -1.56. The Morgan fingerprint density at radius 3 is 2.20 bits per heavy atom. The Bertz CT molecular complexity index is 506. The molecular formula is C20H28. The van der Waals surface area contributed by atoms with Crippen LogP contribution in [0.4, 0.5) is 0 Å². The minimum Gasteiger partial charge on any atom is -0.0991 e. The third kappa shape index (κ3) is 2.80. The van der Waals surface area contributed by atoms with E-state index in [9.17, 15) is 0 Å². The van der Waals surface area contributed by atoms with Gasteiger partial charge in [-0.3, -0.25) is 0 Å². The predicted octanol–water partition coefficient (Wildman–Crippen LogP) is 6.17. The van der Waals surface area contributed by atoms with Crippen molar-refractivity contribution in [2.45, 2.75) is 41.0 Å². The van der Waals surface area contributed by atoms with Gasteiger partial charge in [-0.2, -0.15) is 0 Å². The lowest BCUT2D eigenvalue weighted by atomic mass is 9.72. The van der Waals surface area contributed by atoms with Gasteiger partial charge in [-0.25, -0.2) is 0 Å². The quantitative estimate of drug-likeness (QED) is 0.523. The zero-order valence-electron chi connectivity index (χ0n) is 13.7. The van der Waals surface area contributed by atoms with Gasteiger partial charge in [0.25, 0.3) is 0 Å². The smallest absolute Gasteiger partial charge is 0.0182 e. The predicted molar refractivity (Wildman–Crippen MR) is 91.6 cm³/mol. The van der Waals surface area contributed by atoms with E-state index >= 15 is 0 Å². The molecule has 0 saturated carbocycles. The van der Waals surface area contributed by atoms with Crippen molar-refractivity contribution in [3.8, 4) is 0 Å². The lowest BCUT2D eigenvalue weighted by Gasteiger charge is -2.31. The highest BCUT2D eigenvalue weighted by molar-refractivity contribution is 5.52. The molecule has 0 spiro atoms. The van der Waals surface area contributed by atoms with Crippen LogP contribution in [-0.2, 0) is 0 Å². The molecule has 1 rings (SSSR count). The SMILES string of the molecule is C=C/C=C\C(=C/C)C1(C)CC(C)(C)C(C=C)=C1/C=C\C. The molecule has 20 heavy (non-hydrogen) atoms. The highest BCUT2D eigenvalue weighted by Gasteiger charge is 2.45. The van der Waals surface area contributed by atoms with Crippen molar-refractivity contribution in [3.63, 3.8) is 0 Å². The van der Waals surface area contributed by atoms with Crippen LogP contribution < -0.4 is 0 Å². The van der Waals surface area contributed by atoms with Crippen LogP contribution in [0.1, 0.15) is 41.0 Å². The van der Waals surface area contributed by atoms with E-state index < -0.39 is 0 Å². The molecule has 0 fully saturated rings. The molecule has 0 saturated heterocycles. The number of rotatable bonds is 5. The second-order valence-electron chi connectivity index (χ2n) is 6.26. The molecule has 0 aromatic carbocycles. The second-order valence-corrected chi connectivity index (χ2v) is 6.26. The maximum absolute atomic E-state index is 4.04. The molecule has 1 unspecified atom stereocenters. The fourth-order valence-corrected chi connectivity index (χ4v) is 3.59. The summed E-state index contributed by atoms with van der Waals surface area (Å²) in [5, 5.41) is 0. The third-order valence-corrected chi connectivity index (χ3v) is 4.31. The number of allylic oxidation sites excluding steroid dienone is 10. The zero-order chi connectivity index (χ0) is 15.4. The molecule has 0 aromatic heterocycles. The van der Waals surface area contributed by atoms with Crippen molar-refractivity contribution >= 4 is 0 Å². The first-order valence-corrected chi connectivity index (χ1v) is 7.33. The van der Waals surface area contributed by atoms with Crippen LogP contribution in [0.5, 0.6) is 0 Å². The van der Waals surface area contributed by atoms with Crippen LogP contribution in [0.2, 0.25) is 0 Å². The molecule has 0 aliphatic heterocycles. The Kier molecular flexibility index (Phi) is 5.16. The molecule has 0 heteroatoms. The van der Waals surface area contributed by atoms with Gasteiger partial charge in [0, 0.05) is 5.41 Å². The van der Waals surface area contributed by atoms with Crippen molar-refractivity contribution in [3.05, 3.63) is 72.4 Å². The molecule has 108 valence electrons. The number of hydrogen-bond acceptors (Lipinski definition) is 0. The highest BCUT2D eigenvalue weighted by Crippen LogP contribution is 2.57. The fourth-order valence-electron chi connectivity index (χ4n) is 3.59. The van der Waals surface area contributed by atoms with Gasteiger partial charge in [0.15, 0.2) is 0 Å². The summed E-state index contributed by atoms with van der Waals surface area (Å²) in [6.45, 7) is 19.0. The summed E-state index contributed by atoms with van der Waals surface area (Å²) < 4.78 is 0. The van der Waals surface area contributed by atoms with Crippen LogP contribution in [0.15, 0.2) is 72.4 Å².